The molecule has 0 aliphatic heterocycles. The summed E-state index contributed by atoms with van der Waals surface area (Å²) in [6, 6.07) is 9.17. The Bertz CT molecular complexity index is 475. The first-order valence-electron chi connectivity index (χ1n) is 7.53. The van der Waals surface area contributed by atoms with Crippen LogP contribution in [0.5, 0.6) is 0 Å². The number of benzene rings is 1. The quantitative estimate of drug-likeness (QED) is 0.856. The molecule has 3 nitrogen and oxygen atoms in total. The molecule has 1 aliphatic carbocycles. The molecule has 4 atom stereocenters. The Balaban J connectivity index is 2.15. The Labute approximate surface area is 122 Å². The third kappa shape index (κ3) is 3.72. The summed E-state index contributed by atoms with van der Waals surface area (Å²) in [5.74, 6) is 1.60. The third-order valence-corrected chi connectivity index (χ3v) is 5.97. The minimum Gasteiger partial charge on any atom is -0.311 e. The second kappa shape index (κ2) is 6.43. The molecule has 0 heterocycles. The minimum absolute atomic E-state index is 0.00906. The number of hydrogen-bond donors (Lipinski definition) is 1. The van der Waals surface area contributed by atoms with Crippen LogP contribution in [-0.2, 0) is 9.09 Å². The predicted octanol–water partition coefficient (Wildman–Crippen LogP) is 3.94. The fourth-order valence-corrected chi connectivity index (χ4v) is 4.49. The van der Waals surface area contributed by atoms with Crippen LogP contribution < -0.4 is 10.8 Å². The van der Waals surface area contributed by atoms with Crippen LogP contribution in [0.25, 0.3) is 0 Å². The van der Waals surface area contributed by atoms with Crippen molar-refractivity contribution in [2.75, 3.05) is 0 Å². The molecule has 0 bridgehead atoms. The highest BCUT2D eigenvalue weighted by molar-refractivity contribution is 7.64. The smallest absolute Gasteiger partial charge is 0.297 e. The summed E-state index contributed by atoms with van der Waals surface area (Å²) < 4.78 is 18.7. The van der Waals surface area contributed by atoms with Gasteiger partial charge in [0.15, 0.2) is 0 Å². The van der Waals surface area contributed by atoms with Crippen molar-refractivity contribution < 1.29 is 9.09 Å². The van der Waals surface area contributed by atoms with Gasteiger partial charge in [-0.1, -0.05) is 45.4 Å². The monoisotopic (exact) mass is 295 g/mol. The molecule has 1 aromatic rings. The van der Waals surface area contributed by atoms with Gasteiger partial charge in [-0.05, 0) is 42.7 Å². The molecule has 1 aliphatic rings. The van der Waals surface area contributed by atoms with Crippen LogP contribution >= 0.6 is 7.52 Å². The lowest BCUT2D eigenvalue weighted by molar-refractivity contribution is 0.0498. The number of hydrogen-bond acceptors (Lipinski definition) is 2. The van der Waals surface area contributed by atoms with Gasteiger partial charge < -0.3 is 4.52 Å². The van der Waals surface area contributed by atoms with Crippen molar-refractivity contribution in [3.63, 3.8) is 0 Å². The lowest BCUT2D eigenvalue weighted by Crippen LogP contribution is -2.35. The van der Waals surface area contributed by atoms with Gasteiger partial charge in [0.1, 0.15) is 0 Å². The molecule has 1 aromatic carbocycles. The molecule has 0 saturated heterocycles. The van der Waals surface area contributed by atoms with Gasteiger partial charge in [-0.2, -0.15) is 0 Å². The van der Waals surface area contributed by atoms with Gasteiger partial charge in [-0.15, -0.1) is 0 Å². The van der Waals surface area contributed by atoms with Crippen LogP contribution in [0.15, 0.2) is 30.3 Å². The van der Waals surface area contributed by atoms with E-state index < -0.39 is 7.52 Å². The van der Waals surface area contributed by atoms with Gasteiger partial charge in [-0.25, -0.2) is 0 Å². The molecule has 0 spiro atoms. The predicted molar refractivity (Wildman–Crippen MR) is 84.1 cm³/mol. The summed E-state index contributed by atoms with van der Waals surface area (Å²) in [6.45, 7) is 6.65. The van der Waals surface area contributed by atoms with E-state index in [0.29, 0.717) is 23.1 Å². The van der Waals surface area contributed by atoms with E-state index in [-0.39, 0.29) is 6.10 Å². The average Bonchev–Trinajstić information content (AvgIpc) is 2.39. The molecular weight excluding hydrogens is 269 g/mol. The first kappa shape index (κ1) is 15.8. The van der Waals surface area contributed by atoms with Crippen molar-refractivity contribution in [1.29, 1.82) is 0 Å². The fourth-order valence-electron chi connectivity index (χ4n) is 3.13. The zero-order chi connectivity index (χ0) is 14.8. The highest BCUT2D eigenvalue weighted by atomic mass is 31.2. The third-order valence-electron chi connectivity index (χ3n) is 4.37. The highest BCUT2D eigenvalue weighted by Crippen LogP contribution is 2.45. The van der Waals surface area contributed by atoms with E-state index in [1.807, 2.05) is 18.2 Å². The molecular formula is C16H26NO2P. The Hall–Kier alpha value is -0.630. The molecule has 0 amide bonds. The molecule has 112 valence electrons. The van der Waals surface area contributed by atoms with E-state index >= 15 is 0 Å². The van der Waals surface area contributed by atoms with E-state index in [1.165, 1.54) is 6.42 Å². The normalized spacial score (nSPS) is 30.1. The van der Waals surface area contributed by atoms with Crippen LogP contribution in [0.4, 0.5) is 0 Å². The Morgan fingerprint density at radius 3 is 2.50 bits per heavy atom. The maximum Gasteiger partial charge on any atom is 0.297 e. The van der Waals surface area contributed by atoms with Crippen LogP contribution in [0, 0.1) is 17.8 Å². The molecule has 0 unspecified atom stereocenters. The van der Waals surface area contributed by atoms with Crippen molar-refractivity contribution in [1.82, 2.24) is 0 Å². The standard InChI is InChI=1S/C16H26NO2P/c1-12(2)15-10-9-13(3)11-16(15)19-20(17,18)14-7-5-4-6-8-14/h4-8,12-13,15-16H,9-11H2,1-3H3,(H2,17,18)/t13-,15+,16-,20+/m1/s1. The second-order valence-corrected chi connectivity index (χ2v) is 8.32. The molecule has 2 rings (SSSR count). The van der Waals surface area contributed by atoms with Gasteiger partial charge in [0, 0.05) is 0 Å². The molecule has 1 fully saturated rings. The summed E-state index contributed by atoms with van der Waals surface area (Å²) in [5, 5.41) is 0.612. The summed E-state index contributed by atoms with van der Waals surface area (Å²) in [5.41, 5.74) is 6.01. The summed E-state index contributed by atoms with van der Waals surface area (Å²) in [4.78, 5) is 0. The summed E-state index contributed by atoms with van der Waals surface area (Å²) in [6.07, 6.45) is 3.33. The van der Waals surface area contributed by atoms with Gasteiger partial charge in [0.25, 0.3) is 7.52 Å². The maximum atomic E-state index is 12.7. The minimum atomic E-state index is -3.22. The zero-order valence-corrected chi connectivity index (χ0v) is 13.6. The zero-order valence-electron chi connectivity index (χ0n) is 12.7. The number of rotatable bonds is 4. The molecule has 20 heavy (non-hydrogen) atoms. The van der Waals surface area contributed by atoms with Crippen LogP contribution in [0.3, 0.4) is 0 Å². The number of nitrogens with two attached hydrogens (primary N) is 1. The largest absolute Gasteiger partial charge is 0.311 e. The summed E-state index contributed by atoms with van der Waals surface area (Å²) in [7, 11) is -3.22. The lowest BCUT2D eigenvalue weighted by atomic mass is 9.75. The van der Waals surface area contributed by atoms with E-state index in [1.54, 1.807) is 12.1 Å². The van der Waals surface area contributed by atoms with E-state index in [2.05, 4.69) is 20.8 Å². The van der Waals surface area contributed by atoms with Crippen LogP contribution in [0.1, 0.15) is 40.0 Å². The first-order chi connectivity index (χ1) is 9.40. The topological polar surface area (TPSA) is 52.3 Å². The highest BCUT2D eigenvalue weighted by Gasteiger charge is 2.36. The van der Waals surface area contributed by atoms with Gasteiger partial charge in [-0.3, -0.25) is 10.1 Å². The average molecular weight is 295 g/mol. The fraction of sp³-hybridized carbons (Fsp3) is 0.625. The Morgan fingerprint density at radius 2 is 1.90 bits per heavy atom. The van der Waals surface area contributed by atoms with E-state index in [9.17, 15) is 4.57 Å². The molecule has 4 heteroatoms. The first-order valence-corrected chi connectivity index (χ1v) is 9.22. The maximum absolute atomic E-state index is 12.7. The van der Waals surface area contributed by atoms with Gasteiger partial charge in [0.05, 0.1) is 11.4 Å². The Kier molecular flexibility index (Phi) is 5.06. The van der Waals surface area contributed by atoms with Gasteiger partial charge in [0.2, 0.25) is 0 Å². The van der Waals surface area contributed by atoms with E-state index in [4.69, 9.17) is 10.0 Å². The van der Waals surface area contributed by atoms with Crippen molar-refractivity contribution in [2.45, 2.75) is 46.1 Å². The van der Waals surface area contributed by atoms with Crippen molar-refractivity contribution in [2.24, 2.45) is 23.3 Å². The lowest BCUT2D eigenvalue weighted by Gasteiger charge is -2.38. The van der Waals surface area contributed by atoms with Crippen molar-refractivity contribution >= 4 is 12.8 Å². The molecule has 2 N–H and O–H groups in total. The molecule has 0 aromatic heterocycles. The second-order valence-electron chi connectivity index (χ2n) is 6.40. The SMILES string of the molecule is CC(C)[C@@H]1CC[C@@H](C)C[C@H]1O[P@@](N)(=O)c1ccccc1. The van der Waals surface area contributed by atoms with Crippen molar-refractivity contribution in [3.8, 4) is 0 Å². The Morgan fingerprint density at radius 1 is 1.25 bits per heavy atom. The molecule has 1 saturated carbocycles. The van der Waals surface area contributed by atoms with Crippen LogP contribution in [-0.4, -0.2) is 6.10 Å². The van der Waals surface area contributed by atoms with Crippen LogP contribution in [0.2, 0.25) is 0 Å². The molecule has 0 radical (unpaired) electrons. The van der Waals surface area contributed by atoms with Gasteiger partial charge >= 0.3 is 0 Å². The van der Waals surface area contributed by atoms with E-state index in [0.717, 1.165) is 12.8 Å². The summed E-state index contributed by atoms with van der Waals surface area (Å²) >= 11 is 0. The van der Waals surface area contributed by atoms with Crippen molar-refractivity contribution in [3.05, 3.63) is 30.3 Å².